The molecule has 0 aromatic carbocycles. The Bertz CT molecular complexity index is 481. The molecule has 160 valence electrons. The Morgan fingerprint density at radius 3 is 2.48 bits per heavy atom. The zero-order valence-electron chi connectivity index (χ0n) is 18.1. The van der Waals surface area contributed by atoms with E-state index >= 15 is 0 Å². The molecule has 0 spiro atoms. The van der Waals surface area contributed by atoms with Gasteiger partial charge >= 0.3 is 6.09 Å². The van der Waals surface area contributed by atoms with Crippen molar-refractivity contribution >= 4 is 47.8 Å². The average molecular weight is 515 g/mol. The number of carbonyl (C=O) groups is 1. The Hall–Kier alpha value is -0.380. The van der Waals surface area contributed by atoms with Crippen molar-refractivity contribution in [2.24, 2.45) is 10.9 Å². The molecular formula is C19H39IN4O2S. The number of aliphatic imine (C=N–C) groups is 1. The molecule has 0 aromatic heterocycles. The third-order valence-corrected chi connectivity index (χ3v) is 5.48. The monoisotopic (exact) mass is 514 g/mol. The van der Waals surface area contributed by atoms with Crippen LogP contribution in [0.5, 0.6) is 0 Å². The summed E-state index contributed by atoms with van der Waals surface area (Å²) in [6.07, 6.45) is 4.04. The summed E-state index contributed by atoms with van der Waals surface area (Å²) in [5.74, 6) is 1.26. The number of carbonyl (C=O) groups excluding carboxylic acids is 1. The van der Waals surface area contributed by atoms with Crippen molar-refractivity contribution in [2.75, 3.05) is 39.0 Å². The lowest BCUT2D eigenvalue weighted by molar-refractivity contribution is 0.0168. The molecule has 1 amide bonds. The van der Waals surface area contributed by atoms with Crippen LogP contribution in [0.1, 0.15) is 54.4 Å². The van der Waals surface area contributed by atoms with Gasteiger partial charge in [0, 0.05) is 30.9 Å². The molecular weight excluding hydrogens is 475 g/mol. The molecule has 0 aliphatic carbocycles. The first-order chi connectivity index (χ1) is 12.1. The number of hydrogen-bond acceptors (Lipinski definition) is 4. The SMILES string of the molecule is CCNC(=NCC(C)(C)SC)NCC1CCCN(C(=O)OC(C)(C)C)C1.I. The maximum atomic E-state index is 12.3. The van der Waals surface area contributed by atoms with E-state index in [-0.39, 0.29) is 34.8 Å². The van der Waals surface area contributed by atoms with Crippen molar-refractivity contribution in [1.82, 2.24) is 15.5 Å². The van der Waals surface area contributed by atoms with Gasteiger partial charge in [-0.2, -0.15) is 11.8 Å². The van der Waals surface area contributed by atoms with Crippen LogP contribution in [0.25, 0.3) is 0 Å². The predicted octanol–water partition coefficient (Wildman–Crippen LogP) is 3.95. The number of amides is 1. The second kappa shape index (κ2) is 12.2. The molecule has 1 aliphatic rings. The first kappa shape index (κ1) is 26.6. The third kappa shape index (κ3) is 11.3. The van der Waals surface area contributed by atoms with Gasteiger partial charge in [-0.1, -0.05) is 0 Å². The van der Waals surface area contributed by atoms with Crippen molar-refractivity contribution in [3.05, 3.63) is 0 Å². The number of likely N-dealkylation sites (tertiary alicyclic amines) is 1. The van der Waals surface area contributed by atoms with E-state index in [0.717, 1.165) is 51.5 Å². The Morgan fingerprint density at radius 2 is 1.93 bits per heavy atom. The van der Waals surface area contributed by atoms with Gasteiger partial charge in [0.05, 0.1) is 6.54 Å². The minimum atomic E-state index is -0.447. The van der Waals surface area contributed by atoms with Crippen LogP contribution >= 0.6 is 35.7 Å². The van der Waals surface area contributed by atoms with Crippen LogP contribution in [0, 0.1) is 5.92 Å². The number of halogens is 1. The van der Waals surface area contributed by atoms with Crippen molar-refractivity contribution in [1.29, 1.82) is 0 Å². The largest absolute Gasteiger partial charge is 0.444 e. The van der Waals surface area contributed by atoms with Crippen LogP contribution in [0.15, 0.2) is 4.99 Å². The normalized spacial score (nSPS) is 18.6. The molecule has 1 saturated heterocycles. The van der Waals surface area contributed by atoms with Crippen molar-refractivity contribution < 1.29 is 9.53 Å². The highest BCUT2D eigenvalue weighted by molar-refractivity contribution is 14.0. The number of thioether (sulfide) groups is 1. The Kier molecular flexibility index (Phi) is 12.1. The van der Waals surface area contributed by atoms with E-state index in [2.05, 4.69) is 37.7 Å². The summed E-state index contributed by atoms with van der Waals surface area (Å²) in [6, 6.07) is 0. The fourth-order valence-corrected chi connectivity index (χ4v) is 2.83. The highest BCUT2D eigenvalue weighted by Gasteiger charge is 2.27. The number of ether oxygens (including phenoxy) is 1. The van der Waals surface area contributed by atoms with E-state index in [4.69, 9.17) is 9.73 Å². The molecule has 1 rings (SSSR count). The summed E-state index contributed by atoms with van der Waals surface area (Å²) >= 11 is 1.82. The lowest BCUT2D eigenvalue weighted by Crippen LogP contribution is -2.47. The second-order valence-corrected chi connectivity index (χ2v) is 9.99. The Balaban J connectivity index is 0.00000676. The molecule has 1 unspecified atom stereocenters. The van der Waals surface area contributed by atoms with Gasteiger partial charge in [-0.25, -0.2) is 4.79 Å². The van der Waals surface area contributed by atoms with E-state index in [1.165, 1.54) is 0 Å². The fourth-order valence-electron chi connectivity index (χ4n) is 2.64. The first-order valence-corrected chi connectivity index (χ1v) is 10.8. The van der Waals surface area contributed by atoms with E-state index in [1.54, 1.807) is 0 Å². The molecule has 27 heavy (non-hydrogen) atoms. The molecule has 8 heteroatoms. The fraction of sp³-hybridized carbons (Fsp3) is 0.895. The molecule has 0 aromatic rings. The summed E-state index contributed by atoms with van der Waals surface area (Å²) < 4.78 is 5.63. The van der Waals surface area contributed by atoms with Gasteiger partial charge in [-0.15, -0.1) is 24.0 Å². The minimum Gasteiger partial charge on any atom is -0.444 e. The van der Waals surface area contributed by atoms with Crippen LogP contribution in [0.4, 0.5) is 4.79 Å². The predicted molar refractivity (Wildman–Crippen MR) is 128 cm³/mol. The quantitative estimate of drug-likeness (QED) is 0.319. The van der Waals surface area contributed by atoms with Crippen LogP contribution in [-0.2, 0) is 4.74 Å². The van der Waals surface area contributed by atoms with Gasteiger partial charge in [0.25, 0.3) is 0 Å². The number of rotatable bonds is 6. The molecule has 0 bridgehead atoms. The number of piperidine rings is 1. The lowest BCUT2D eigenvalue weighted by atomic mass is 9.98. The van der Waals surface area contributed by atoms with Crippen LogP contribution in [0.2, 0.25) is 0 Å². The summed E-state index contributed by atoms with van der Waals surface area (Å²) in [4.78, 5) is 18.8. The van der Waals surface area contributed by atoms with E-state index in [1.807, 2.05) is 37.4 Å². The van der Waals surface area contributed by atoms with E-state index in [0.29, 0.717) is 5.92 Å². The number of nitrogens with zero attached hydrogens (tertiary/aromatic N) is 2. The molecule has 1 heterocycles. The second-order valence-electron chi connectivity index (χ2n) is 8.47. The molecule has 2 N–H and O–H groups in total. The van der Waals surface area contributed by atoms with Gasteiger partial charge in [-0.3, -0.25) is 4.99 Å². The summed E-state index contributed by atoms with van der Waals surface area (Å²) in [5.41, 5.74) is -0.447. The third-order valence-electron chi connectivity index (χ3n) is 4.24. The molecule has 1 fully saturated rings. The van der Waals surface area contributed by atoms with E-state index < -0.39 is 5.60 Å². The zero-order chi connectivity index (χ0) is 19.8. The highest BCUT2D eigenvalue weighted by Crippen LogP contribution is 2.21. The molecule has 0 saturated carbocycles. The molecule has 0 radical (unpaired) electrons. The summed E-state index contributed by atoms with van der Waals surface area (Å²) in [5, 5.41) is 6.75. The van der Waals surface area contributed by atoms with Crippen molar-refractivity contribution in [2.45, 2.75) is 64.7 Å². The zero-order valence-corrected chi connectivity index (χ0v) is 21.2. The summed E-state index contributed by atoms with van der Waals surface area (Å²) in [7, 11) is 0. The number of guanidine groups is 1. The Labute approximate surface area is 187 Å². The molecule has 1 aliphatic heterocycles. The smallest absolute Gasteiger partial charge is 0.410 e. The maximum Gasteiger partial charge on any atom is 0.410 e. The van der Waals surface area contributed by atoms with Gasteiger partial charge in [0.1, 0.15) is 5.60 Å². The van der Waals surface area contributed by atoms with Crippen molar-refractivity contribution in [3.63, 3.8) is 0 Å². The number of hydrogen-bond donors (Lipinski definition) is 2. The minimum absolute atomic E-state index is 0. The van der Waals surface area contributed by atoms with Gasteiger partial charge in [0.15, 0.2) is 5.96 Å². The van der Waals surface area contributed by atoms with Crippen LogP contribution < -0.4 is 10.6 Å². The molecule has 1 atom stereocenters. The maximum absolute atomic E-state index is 12.3. The average Bonchev–Trinajstić information content (AvgIpc) is 2.56. The van der Waals surface area contributed by atoms with E-state index in [9.17, 15) is 4.79 Å². The standard InChI is InChI=1S/C19H38N4O2S.HI/c1-8-20-16(22-14-19(5,6)26-7)21-12-15-10-9-11-23(13-15)17(24)25-18(2,3)4;/h15H,8-14H2,1-7H3,(H2,20,21,22);1H. The lowest BCUT2D eigenvalue weighted by Gasteiger charge is -2.34. The van der Waals surface area contributed by atoms with Gasteiger partial charge in [0.2, 0.25) is 0 Å². The van der Waals surface area contributed by atoms with Crippen LogP contribution in [-0.4, -0.2) is 66.3 Å². The highest BCUT2D eigenvalue weighted by atomic mass is 127. The first-order valence-electron chi connectivity index (χ1n) is 9.61. The van der Waals surface area contributed by atoms with Gasteiger partial charge < -0.3 is 20.3 Å². The van der Waals surface area contributed by atoms with Crippen molar-refractivity contribution in [3.8, 4) is 0 Å². The summed E-state index contributed by atoms with van der Waals surface area (Å²) in [6.45, 7) is 16.1. The Morgan fingerprint density at radius 1 is 1.26 bits per heavy atom. The topological polar surface area (TPSA) is 66.0 Å². The molecule has 6 nitrogen and oxygen atoms in total. The van der Waals surface area contributed by atoms with Gasteiger partial charge in [-0.05, 0) is 66.6 Å². The number of nitrogens with one attached hydrogen (secondary N) is 2. The van der Waals surface area contributed by atoms with Crippen LogP contribution in [0.3, 0.4) is 0 Å².